The van der Waals surface area contributed by atoms with E-state index in [1.54, 1.807) is 32.1 Å². The van der Waals surface area contributed by atoms with Gasteiger partial charge >= 0.3 is 0 Å². The Morgan fingerprint density at radius 2 is 1.60 bits per heavy atom. The van der Waals surface area contributed by atoms with E-state index in [-0.39, 0.29) is 0 Å². The van der Waals surface area contributed by atoms with Crippen molar-refractivity contribution in [2.75, 3.05) is 0 Å². The number of hydrogen-bond donors (Lipinski definition) is 0. The molecule has 0 aromatic carbocycles. The third-order valence-electron chi connectivity index (χ3n) is 5.87. The summed E-state index contributed by atoms with van der Waals surface area (Å²) in [7, 11) is 0. The third kappa shape index (κ3) is 1.47. The first-order valence-corrected chi connectivity index (χ1v) is 7.02. The molecule has 3 rings (SSSR count). The zero-order valence-corrected chi connectivity index (χ0v) is 10.7. The fraction of sp³-hybridized carbons (Fsp3) is 1.00. The Balaban J connectivity index is 1.79. The normalized spacial score (nSPS) is 49.4. The Morgan fingerprint density at radius 3 is 2.27 bits per heavy atom. The Kier molecular flexibility index (Phi) is 2.05. The molecule has 0 nitrogen and oxygen atoms in total. The SMILES string of the molecule is CC(C)(C)C1CC2CCCCC3CC23C1. The second-order valence-electron chi connectivity index (χ2n) is 7.62. The van der Waals surface area contributed by atoms with E-state index in [1.165, 1.54) is 12.8 Å². The summed E-state index contributed by atoms with van der Waals surface area (Å²) in [6.45, 7) is 7.37. The molecule has 0 N–H and O–H groups in total. The third-order valence-corrected chi connectivity index (χ3v) is 5.87. The maximum atomic E-state index is 2.46. The van der Waals surface area contributed by atoms with Crippen LogP contribution < -0.4 is 0 Å². The molecule has 0 aromatic heterocycles. The van der Waals surface area contributed by atoms with Crippen LogP contribution in [-0.4, -0.2) is 0 Å². The molecule has 0 saturated heterocycles. The smallest absolute Gasteiger partial charge is 0.0235 e. The highest BCUT2D eigenvalue weighted by molar-refractivity contribution is 5.12. The van der Waals surface area contributed by atoms with E-state index in [9.17, 15) is 0 Å². The molecule has 0 heterocycles. The van der Waals surface area contributed by atoms with Crippen molar-refractivity contribution in [3.63, 3.8) is 0 Å². The molecule has 4 unspecified atom stereocenters. The molecule has 3 aliphatic rings. The zero-order valence-electron chi connectivity index (χ0n) is 10.7. The molecule has 3 aliphatic carbocycles. The van der Waals surface area contributed by atoms with Crippen LogP contribution in [0.4, 0.5) is 0 Å². The van der Waals surface area contributed by atoms with Gasteiger partial charge in [-0.15, -0.1) is 0 Å². The predicted octanol–water partition coefficient (Wildman–Crippen LogP) is 4.64. The molecule has 86 valence electrons. The molecule has 0 aromatic rings. The van der Waals surface area contributed by atoms with Crippen LogP contribution in [0.1, 0.15) is 65.7 Å². The lowest BCUT2D eigenvalue weighted by atomic mass is 9.78. The number of rotatable bonds is 0. The van der Waals surface area contributed by atoms with Gasteiger partial charge in [-0.2, -0.15) is 0 Å². The predicted molar refractivity (Wildman–Crippen MR) is 64.7 cm³/mol. The van der Waals surface area contributed by atoms with Crippen LogP contribution >= 0.6 is 0 Å². The Bertz CT molecular complexity index is 260. The lowest BCUT2D eigenvalue weighted by Crippen LogP contribution is -2.17. The average Bonchev–Trinajstić information content (AvgIpc) is 2.71. The summed E-state index contributed by atoms with van der Waals surface area (Å²) >= 11 is 0. The van der Waals surface area contributed by atoms with E-state index in [0.29, 0.717) is 5.41 Å². The molecule has 15 heavy (non-hydrogen) atoms. The summed E-state index contributed by atoms with van der Waals surface area (Å²) in [6.07, 6.45) is 10.9. The van der Waals surface area contributed by atoms with Crippen LogP contribution in [0.25, 0.3) is 0 Å². The van der Waals surface area contributed by atoms with Crippen molar-refractivity contribution in [3.05, 3.63) is 0 Å². The van der Waals surface area contributed by atoms with Gasteiger partial charge in [-0.3, -0.25) is 0 Å². The average molecular weight is 206 g/mol. The van der Waals surface area contributed by atoms with Gasteiger partial charge in [-0.25, -0.2) is 0 Å². The summed E-state index contributed by atoms with van der Waals surface area (Å²) < 4.78 is 0. The molecule has 0 amide bonds. The first-order chi connectivity index (χ1) is 7.02. The van der Waals surface area contributed by atoms with Gasteiger partial charge in [0, 0.05) is 0 Å². The van der Waals surface area contributed by atoms with Crippen LogP contribution in [0.2, 0.25) is 0 Å². The monoisotopic (exact) mass is 206 g/mol. The van der Waals surface area contributed by atoms with Gasteiger partial charge in [0.15, 0.2) is 0 Å². The minimum Gasteiger partial charge on any atom is -0.0599 e. The fourth-order valence-electron chi connectivity index (χ4n) is 4.67. The summed E-state index contributed by atoms with van der Waals surface area (Å²) in [5.41, 5.74) is 1.43. The van der Waals surface area contributed by atoms with Crippen molar-refractivity contribution >= 4 is 0 Å². The molecular formula is C15H26. The second-order valence-corrected chi connectivity index (χ2v) is 7.62. The Hall–Kier alpha value is 0. The van der Waals surface area contributed by atoms with Crippen molar-refractivity contribution in [1.82, 2.24) is 0 Å². The van der Waals surface area contributed by atoms with Gasteiger partial charge in [0.05, 0.1) is 0 Å². The van der Waals surface area contributed by atoms with Crippen molar-refractivity contribution < 1.29 is 0 Å². The maximum absolute atomic E-state index is 2.46. The van der Waals surface area contributed by atoms with Gasteiger partial charge < -0.3 is 0 Å². The molecule has 1 spiro atoms. The van der Waals surface area contributed by atoms with Crippen LogP contribution in [0.5, 0.6) is 0 Å². The van der Waals surface area contributed by atoms with Crippen LogP contribution in [0.15, 0.2) is 0 Å². The van der Waals surface area contributed by atoms with Crippen LogP contribution in [0.3, 0.4) is 0 Å². The maximum Gasteiger partial charge on any atom is -0.0235 e. The molecule has 0 radical (unpaired) electrons. The van der Waals surface area contributed by atoms with Gasteiger partial charge in [0.25, 0.3) is 0 Å². The van der Waals surface area contributed by atoms with Gasteiger partial charge in [0.1, 0.15) is 0 Å². The molecular weight excluding hydrogens is 180 g/mol. The van der Waals surface area contributed by atoms with E-state index in [2.05, 4.69) is 20.8 Å². The first kappa shape index (κ1) is 10.2. The Morgan fingerprint density at radius 1 is 0.933 bits per heavy atom. The van der Waals surface area contributed by atoms with E-state index in [0.717, 1.165) is 23.2 Å². The van der Waals surface area contributed by atoms with Crippen molar-refractivity contribution in [2.45, 2.75) is 65.7 Å². The quantitative estimate of drug-likeness (QED) is 0.541. The molecule has 3 fully saturated rings. The summed E-state index contributed by atoms with van der Waals surface area (Å²) in [6, 6.07) is 0. The lowest BCUT2D eigenvalue weighted by molar-refractivity contribution is 0.232. The van der Waals surface area contributed by atoms with Crippen molar-refractivity contribution in [2.24, 2.45) is 28.6 Å². The fourth-order valence-corrected chi connectivity index (χ4v) is 4.67. The highest BCUT2D eigenvalue weighted by Crippen LogP contribution is 2.72. The highest BCUT2D eigenvalue weighted by atomic mass is 14.7. The molecule has 0 heteroatoms. The van der Waals surface area contributed by atoms with Gasteiger partial charge in [0.2, 0.25) is 0 Å². The first-order valence-electron chi connectivity index (χ1n) is 7.02. The standard InChI is InChI=1S/C15H26/c1-14(2,3)13-8-11-6-4-5-7-12-9-15(11,12)10-13/h11-13H,4-10H2,1-3H3. The topological polar surface area (TPSA) is 0 Å². The van der Waals surface area contributed by atoms with E-state index in [4.69, 9.17) is 0 Å². The Labute approximate surface area is 94.8 Å². The van der Waals surface area contributed by atoms with Crippen LogP contribution in [0, 0.1) is 28.6 Å². The summed E-state index contributed by atoms with van der Waals surface area (Å²) in [5.74, 6) is 3.29. The van der Waals surface area contributed by atoms with Crippen LogP contribution in [-0.2, 0) is 0 Å². The van der Waals surface area contributed by atoms with E-state index in [1.807, 2.05) is 0 Å². The largest absolute Gasteiger partial charge is 0.0599 e. The van der Waals surface area contributed by atoms with E-state index >= 15 is 0 Å². The second kappa shape index (κ2) is 3.02. The van der Waals surface area contributed by atoms with Crippen molar-refractivity contribution in [1.29, 1.82) is 0 Å². The summed E-state index contributed by atoms with van der Waals surface area (Å²) in [4.78, 5) is 0. The molecule has 0 aliphatic heterocycles. The lowest BCUT2D eigenvalue weighted by Gasteiger charge is -2.27. The molecule has 3 saturated carbocycles. The number of hydrogen-bond acceptors (Lipinski definition) is 0. The minimum absolute atomic E-state index is 0.564. The molecule has 0 bridgehead atoms. The van der Waals surface area contributed by atoms with Crippen molar-refractivity contribution in [3.8, 4) is 0 Å². The van der Waals surface area contributed by atoms with E-state index < -0.39 is 0 Å². The van der Waals surface area contributed by atoms with Gasteiger partial charge in [-0.05, 0) is 60.7 Å². The molecule has 4 atom stereocenters. The van der Waals surface area contributed by atoms with Gasteiger partial charge in [-0.1, -0.05) is 33.6 Å². The zero-order chi connectivity index (χ0) is 10.7. The highest BCUT2D eigenvalue weighted by Gasteiger charge is 2.63. The minimum atomic E-state index is 0.564. The summed E-state index contributed by atoms with van der Waals surface area (Å²) in [5, 5.41) is 0.